The molecule has 23 heavy (non-hydrogen) atoms. The normalized spacial score (nSPS) is 17.5. The molecule has 2 aromatic rings. The zero-order valence-corrected chi connectivity index (χ0v) is 13.5. The molecule has 1 atom stereocenters. The molecule has 8 heteroatoms. The molecule has 1 aliphatic rings. The Hall–Kier alpha value is -2.64. The van der Waals surface area contributed by atoms with Crippen molar-refractivity contribution < 1.29 is 9.53 Å². The van der Waals surface area contributed by atoms with Crippen molar-refractivity contribution in [2.45, 2.75) is 25.8 Å². The lowest BCUT2D eigenvalue weighted by Gasteiger charge is -2.25. The first-order valence-corrected chi connectivity index (χ1v) is 7.49. The molecular formula is C15H20N6O2. The highest BCUT2D eigenvalue weighted by Gasteiger charge is 2.36. The molecule has 1 saturated heterocycles. The number of carbonyl (C=O) groups is 1. The largest absolute Gasteiger partial charge is 0.481 e. The molecule has 0 bridgehead atoms. The third-order valence-corrected chi connectivity index (χ3v) is 4.18. The predicted molar refractivity (Wildman–Crippen MR) is 84.0 cm³/mol. The lowest BCUT2D eigenvalue weighted by molar-refractivity contribution is 0.0728. The van der Waals surface area contributed by atoms with Gasteiger partial charge in [-0.05, 0) is 19.8 Å². The lowest BCUT2D eigenvalue weighted by Crippen LogP contribution is -2.32. The minimum Gasteiger partial charge on any atom is -0.481 e. The van der Waals surface area contributed by atoms with E-state index in [4.69, 9.17) is 10.5 Å². The number of nitrogens with zero attached hydrogens (tertiary/aromatic N) is 5. The molecule has 1 amide bonds. The molecule has 3 heterocycles. The van der Waals surface area contributed by atoms with Gasteiger partial charge in [-0.1, -0.05) is 0 Å². The van der Waals surface area contributed by atoms with Crippen LogP contribution in [0.5, 0.6) is 5.88 Å². The Balaban J connectivity index is 1.98. The van der Waals surface area contributed by atoms with Crippen molar-refractivity contribution in [2.24, 2.45) is 7.05 Å². The third kappa shape index (κ3) is 2.49. The Labute approximate surface area is 134 Å². The van der Waals surface area contributed by atoms with Crippen molar-refractivity contribution in [2.75, 3.05) is 19.4 Å². The van der Waals surface area contributed by atoms with E-state index in [-0.39, 0.29) is 23.5 Å². The van der Waals surface area contributed by atoms with Crippen LogP contribution in [0.1, 0.15) is 40.6 Å². The van der Waals surface area contributed by atoms with Crippen LogP contribution in [-0.4, -0.2) is 44.2 Å². The Kier molecular flexibility index (Phi) is 3.89. The van der Waals surface area contributed by atoms with E-state index in [0.29, 0.717) is 12.4 Å². The monoisotopic (exact) mass is 316 g/mol. The van der Waals surface area contributed by atoms with Gasteiger partial charge in [0.05, 0.1) is 24.4 Å². The summed E-state index contributed by atoms with van der Waals surface area (Å²) in [5, 5.41) is 4.41. The Morgan fingerprint density at radius 3 is 2.83 bits per heavy atom. The maximum absolute atomic E-state index is 12.8. The molecular weight excluding hydrogens is 296 g/mol. The Bertz CT molecular complexity index is 742. The fourth-order valence-corrected chi connectivity index (χ4v) is 3.24. The van der Waals surface area contributed by atoms with Crippen molar-refractivity contribution in [1.82, 2.24) is 24.6 Å². The number of ether oxygens (including phenoxy) is 1. The van der Waals surface area contributed by atoms with Gasteiger partial charge in [0.2, 0.25) is 5.88 Å². The average molecular weight is 316 g/mol. The van der Waals surface area contributed by atoms with Gasteiger partial charge in [-0.25, -0.2) is 14.6 Å². The van der Waals surface area contributed by atoms with E-state index in [9.17, 15) is 4.79 Å². The van der Waals surface area contributed by atoms with E-state index in [2.05, 4.69) is 15.1 Å². The predicted octanol–water partition coefficient (Wildman–Crippen LogP) is 1.09. The van der Waals surface area contributed by atoms with Gasteiger partial charge in [0.15, 0.2) is 11.5 Å². The number of anilines is 1. The SMILES string of the molecule is COc1c(C2CCCN2C(=O)c2nccnc2N)c(C)nn1C. The van der Waals surface area contributed by atoms with Gasteiger partial charge >= 0.3 is 0 Å². The highest BCUT2D eigenvalue weighted by atomic mass is 16.5. The van der Waals surface area contributed by atoms with E-state index in [1.807, 2.05) is 14.0 Å². The third-order valence-electron chi connectivity index (χ3n) is 4.18. The van der Waals surface area contributed by atoms with Gasteiger partial charge in [-0.2, -0.15) is 5.10 Å². The molecule has 2 aromatic heterocycles. The van der Waals surface area contributed by atoms with Gasteiger partial charge in [0.25, 0.3) is 5.91 Å². The van der Waals surface area contributed by atoms with Gasteiger partial charge in [0.1, 0.15) is 0 Å². The fourth-order valence-electron chi connectivity index (χ4n) is 3.24. The first-order chi connectivity index (χ1) is 11.0. The molecule has 3 rings (SSSR count). The van der Waals surface area contributed by atoms with Crippen molar-refractivity contribution in [1.29, 1.82) is 0 Å². The zero-order chi connectivity index (χ0) is 16.6. The summed E-state index contributed by atoms with van der Waals surface area (Å²) in [7, 11) is 3.44. The van der Waals surface area contributed by atoms with Crippen LogP contribution in [0.25, 0.3) is 0 Å². The Morgan fingerprint density at radius 1 is 1.39 bits per heavy atom. The molecule has 0 saturated carbocycles. The summed E-state index contributed by atoms with van der Waals surface area (Å²) in [6, 6.07) is -0.0902. The summed E-state index contributed by atoms with van der Waals surface area (Å²) in [4.78, 5) is 22.7. The topological polar surface area (TPSA) is 99.2 Å². The second-order valence-electron chi connectivity index (χ2n) is 5.58. The van der Waals surface area contributed by atoms with Crippen LogP contribution < -0.4 is 10.5 Å². The van der Waals surface area contributed by atoms with Crippen LogP contribution >= 0.6 is 0 Å². The summed E-state index contributed by atoms with van der Waals surface area (Å²) in [5.41, 5.74) is 7.81. The lowest BCUT2D eigenvalue weighted by atomic mass is 10.0. The number of rotatable bonds is 3. The number of nitrogen functional groups attached to an aromatic ring is 1. The first-order valence-electron chi connectivity index (χ1n) is 7.49. The fraction of sp³-hybridized carbons (Fsp3) is 0.467. The van der Waals surface area contributed by atoms with Crippen molar-refractivity contribution >= 4 is 11.7 Å². The summed E-state index contributed by atoms with van der Waals surface area (Å²) in [6.45, 7) is 2.58. The number of methoxy groups -OCH3 is 1. The smallest absolute Gasteiger partial charge is 0.276 e. The quantitative estimate of drug-likeness (QED) is 0.910. The standard InChI is InChI=1S/C15H20N6O2/c1-9-11(15(23-3)20(2)19-9)10-5-4-8-21(10)14(22)12-13(16)18-7-6-17-12/h6-7,10H,4-5,8H2,1-3H3,(H2,16,18). The van der Waals surface area contributed by atoms with Crippen molar-refractivity contribution in [3.05, 3.63) is 29.3 Å². The number of hydrogen-bond donors (Lipinski definition) is 1. The molecule has 8 nitrogen and oxygen atoms in total. The molecule has 0 radical (unpaired) electrons. The molecule has 1 aliphatic heterocycles. The van der Waals surface area contributed by atoms with Gasteiger partial charge in [-0.15, -0.1) is 0 Å². The molecule has 1 fully saturated rings. The highest BCUT2D eigenvalue weighted by Crippen LogP contribution is 2.39. The summed E-state index contributed by atoms with van der Waals surface area (Å²) in [5.74, 6) is 0.626. The second-order valence-corrected chi connectivity index (χ2v) is 5.58. The van der Waals surface area contributed by atoms with Gasteiger partial charge in [0, 0.05) is 26.0 Å². The van der Waals surface area contributed by atoms with E-state index in [1.165, 1.54) is 12.4 Å². The minimum atomic E-state index is -0.205. The van der Waals surface area contributed by atoms with E-state index in [1.54, 1.807) is 16.7 Å². The molecule has 0 aromatic carbocycles. The highest BCUT2D eigenvalue weighted by molar-refractivity contribution is 5.96. The number of aryl methyl sites for hydroxylation is 2. The number of carbonyl (C=O) groups excluding carboxylic acids is 1. The first kappa shape index (κ1) is 15.3. The second kappa shape index (κ2) is 5.86. The van der Waals surface area contributed by atoms with Crippen LogP contribution in [0, 0.1) is 6.92 Å². The van der Waals surface area contributed by atoms with Crippen molar-refractivity contribution in [3.8, 4) is 5.88 Å². The van der Waals surface area contributed by atoms with E-state index in [0.717, 1.165) is 24.1 Å². The van der Waals surface area contributed by atoms with Crippen LogP contribution in [0.2, 0.25) is 0 Å². The minimum absolute atomic E-state index is 0.0902. The molecule has 0 aliphatic carbocycles. The number of likely N-dealkylation sites (tertiary alicyclic amines) is 1. The Morgan fingerprint density at radius 2 is 2.13 bits per heavy atom. The number of amides is 1. The van der Waals surface area contributed by atoms with Crippen LogP contribution in [0.4, 0.5) is 5.82 Å². The number of hydrogen-bond acceptors (Lipinski definition) is 6. The zero-order valence-electron chi connectivity index (χ0n) is 13.5. The van der Waals surface area contributed by atoms with Crippen LogP contribution in [0.3, 0.4) is 0 Å². The molecule has 2 N–H and O–H groups in total. The average Bonchev–Trinajstić information content (AvgIpc) is 3.10. The van der Waals surface area contributed by atoms with Gasteiger partial charge in [-0.3, -0.25) is 4.79 Å². The maximum atomic E-state index is 12.8. The summed E-state index contributed by atoms with van der Waals surface area (Å²) < 4.78 is 7.17. The molecule has 1 unspecified atom stereocenters. The summed E-state index contributed by atoms with van der Waals surface area (Å²) >= 11 is 0. The number of nitrogens with two attached hydrogens (primary N) is 1. The van der Waals surface area contributed by atoms with Crippen molar-refractivity contribution in [3.63, 3.8) is 0 Å². The van der Waals surface area contributed by atoms with E-state index < -0.39 is 0 Å². The van der Waals surface area contributed by atoms with Crippen LogP contribution in [-0.2, 0) is 7.05 Å². The maximum Gasteiger partial charge on any atom is 0.276 e. The van der Waals surface area contributed by atoms with Gasteiger partial charge < -0.3 is 15.4 Å². The molecule has 0 spiro atoms. The molecule has 122 valence electrons. The van der Waals surface area contributed by atoms with Crippen LogP contribution in [0.15, 0.2) is 12.4 Å². The van der Waals surface area contributed by atoms with E-state index >= 15 is 0 Å². The summed E-state index contributed by atoms with van der Waals surface area (Å²) in [6.07, 6.45) is 4.72. The number of aromatic nitrogens is 4.